The average Bonchev–Trinajstić information content (AvgIpc) is 2.67. The number of carboxylic acids is 1. The van der Waals surface area contributed by atoms with Crippen molar-refractivity contribution >= 4 is 40.9 Å². The molecule has 32 heavy (non-hydrogen) atoms. The predicted molar refractivity (Wildman–Crippen MR) is 110 cm³/mol. The van der Waals surface area contributed by atoms with E-state index < -0.39 is 56.1 Å². The number of aliphatic carboxylic acids is 1. The number of rotatable bonds is 6. The van der Waals surface area contributed by atoms with E-state index in [1.54, 1.807) is 0 Å². The molecule has 172 valence electrons. The van der Waals surface area contributed by atoms with E-state index in [-0.39, 0.29) is 35.2 Å². The topological polar surface area (TPSA) is 92.7 Å². The Morgan fingerprint density at radius 2 is 1.97 bits per heavy atom. The van der Waals surface area contributed by atoms with Crippen molar-refractivity contribution in [1.29, 1.82) is 0 Å². The van der Waals surface area contributed by atoms with Crippen LogP contribution in [-0.2, 0) is 27.4 Å². The van der Waals surface area contributed by atoms with Crippen molar-refractivity contribution in [3.05, 3.63) is 51.8 Å². The largest absolute Gasteiger partial charge is 0.479 e. The van der Waals surface area contributed by atoms with Crippen molar-refractivity contribution in [2.45, 2.75) is 36.4 Å². The molecule has 13 heteroatoms. The smallest absolute Gasteiger partial charge is 0.416 e. The molecule has 0 aromatic heterocycles. The summed E-state index contributed by atoms with van der Waals surface area (Å²) in [6.07, 6.45) is -3.79. The van der Waals surface area contributed by atoms with E-state index in [1.807, 2.05) is 0 Å². The lowest BCUT2D eigenvalue weighted by atomic mass is 9.87. The summed E-state index contributed by atoms with van der Waals surface area (Å²) >= 11 is 5.91. The average molecular weight is 494 g/mol. The minimum atomic E-state index is -4.73. The summed E-state index contributed by atoms with van der Waals surface area (Å²) in [7, 11) is -3.05. The number of benzene rings is 2. The Morgan fingerprint density at radius 1 is 1.28 bits per heavy atom. The van der Waals surface area contributed by atoms with Crippen LogP contribution in [0.2, 0.25) is 5.02 Å². The first kappa shape index (κ1) is 24.3. The number of carboxylic acid groups (broad SMARTS) is 1. The number of sulfonamides is 1. The summed E-state index contributed by atoms with van der Waals surface area (Å²) < 4.78 is 87.1. The van der Waals surface area contributed by atoms with Crippen LogP contribution in [-0.4, -0.2) is 33.9 Å². The molecule has 0 spiro atoms. The molecule has 1 aliphatic rings. The molecule has 0 radical (unpaired) electrons. The second-order valence-electron chi connectivity index (χ2n) is 7.35. The van der Waals surface area contributed by atoms with Gasteiger partial charge in [0.2, 0.25) is 10.0 Å². The highest BCUT2D eigenvalue weighted by Gasteiger charge is 2.34. The van der Waals surface area contributed by atoms with Gasteiger partial charge in [0.05, 0.1) is 15.5 Å². The zero-order valence-corrected chi connectivity index (χ0v) is 18.2. The Labute approximate surface area is 187 Å². The molecule has 1 unspecified atom stereocenters. The van der Waals surface area contributed by atoms with Crippen LogP contribution in [0.25, 0.3) is 0 Å². The molecule has 3 rings (SSSR count). The maximum absolute atomic E-state index is 14.5. The fourth-order valence-electron chi connectivity index (χ4n) is 3.60. The zero-order chi connectivity index (χ0) is 23.8. The SMILES string of the molecule is Bc1cc(C(F)(F)F)cc(S(=O)(=O)NC2CCCc3c2cc(Cl)c(F)c3OCC(=O)O)c1. The van der Waals surface area contributed by atoms with Crippen LogP contribution in [0.15, 0.2) is 29.2 Å². The van der Waals surface area contributed by atoms with Crippen LogP contribution in [0.3, 0.4) is 0 Å². The lowest BCUT2D eigenvalue weighted by Gasteiger charge is -2.28. The van der Waals surface area contributed by atoms with Gasteiger partial charge < -0.3 is 9.84 Å². The molecule has 1 atom stereocenters. The monoisotopic (exact) mass is 493 g/mol. The van der Waals surface area contributed by atoms with E-state index in [2.05, 4.69) is 4.72 Å². The number of ether oxygens (including phenoxy) is 1. The highest BCUT2D eigenvalue weighted by Crippen LogP contribution is 2.41. The Balaban J connectivity index is 2.00. The van der Waals surface area contributed by atoms with Crippen molar-refractivity contribution in [3.8, 4) is 5.75 Å². The summed E-state index contributed by atoms with van der Waals surface area (Å²) in [6, 6.07) is 2.77. The Bertz CT molecular complexity index is 1170. The van der Waals surface area contributed by atoms with Gasteiger partial charge in [-0.15, -0.1) is 0 Å². The van der Waals surface area contributed by atoms with Gasteiger partial charge in [-0.25, -0.2) is 22.3 Å². The van der Waals surface area contributed by atoms with Crippen molar-refractivity contribution in [2.75, 3.05) is 6.61 Å². The molecule has 6 nitrogen and oxygen atoms in total. The summed E-state index contributed by atoms with van der Waals surface area (Å²) in [5.41, 5.74) is -0.460. The highest BCUT2D eigenvalue weighted by atomic mass is 35.5. The number of hydrogen-bond acceptors (Lipinski definition) is 4. The Morgan fingerprint density at radius 3 is 2.59 bits per heavy atom. The van der Waals surface area contributed by atoms with Gasteiger partial charge in [-0.2, -0.15) is 13.2 Å². The van der Waals surface area contributed by atoms with Crippen LogP contribution in [0, 0.1) is 5.82 Å². The predicted octanol–water partition coefficient (Wildman–Crippen LogP) is 2.58. The number of hydrogen-bond donors (Lipinski definition) is 2. The molecular weight excluding hydrogens is 477 g/mol. The van der Waals surface area contributed by atoms with Gasteiger partial charge in [0.1, 0.15) is 7.85 Å². The number of carbonyl (C=O) groups is 1. The summed E-state index contributed by atoms with van der Waals surface area (Å²) in [5.74, 6) is -2.69. The molecule has 0 amide bonds. The first-order valence-electron chi connectivity index (χ1n) is 9.36. The van der Waals surface area contributed by atoms with Gasteiger partial charge in [0.15, 0.2) is 18.2 Å². The van der Waals surface area contributed by atoms with Crippen molar-refractivity contribution < 1.29 is 40.6 Å². The number of fused-ring (bicyclic) bond motifs is 1. The zero-order valence-electron chi connectivity index (χ0n) is 16.6. The van der Waals surface area contributed by atoms with E-state index >= 15 is 0 Å². The fraction of sp³-hybridized carbons (Fsp3) is 0.316. The first-order chi connectivity index (χ1) is 14.8. The van der Waals surface area contributed by atoms with Crippen LogP contribution >= 0.6 is 11.6 Å². The number of alkyl halides is 3. The molecule has 0 saturated carbocycles. The third kappa shape index (κ3) is 5.19. The molecular formula is C19H17BClF4NO5S. The van der Waals surface area contributed by atoms with Gasteiger partial charge in [0, 0.05) is 11.6 Å². The van der Waals surface area contributed by atoms with Crippen LogP contribution < -0.4 is 14.9 Å². The maximum atomic E-state index is 14.5. The molecule has 0 fully saturated rings. The standard InChI is InChI=1S/C19H17BClF4NO5S/c20-10-4-9(19(23,24)25)5-11(6-10)32(29,30)26-15-3-1-2-12-13(15)7-14(21)17(22)18(12)31-8-16(27)28/h4-7,15,26H,1-3,8,20H2,(H,27,28). The second kappa shape index (κ2) is 8.91. The van der Waals surface area contributed by atoms with E-state index in [4.69, 9.17) is 21.4 Å². The van der Waals surface area contributed by atoms with Gasteiger partial charge in [-0.3, -0.25) is 0 Å². The molecule has 0 bridgehead atoms. The van der Waals surface area contributed by atoms with Crippen LogP contribution in [0.1, 0.15) is 35.6 Å². The normalized spacial score (nSPS) is 16.5. The Hall–Kier alpha value is -2.31. The molecule has 2 aromatic rings. The summed E-state index contributed by atoms with van der Waals surface area (Å²) in [6.45, 7) is -0.830. The quantitative estimate of drug-likeness (QED) is 0.477. The number of halogens is 5. The highest BCUT2D eigenvalue weighted by molar-refractivity contribution is 7.89. The van der Waals surface area contributed by atoms with E-state index in [0.717, 1.165) is 12.1 Å². The lowest BCUT2D eigenvalue weighted by Crippen LogP contribution is -2.32. The Kier molecular flexibility index (Phi) is 6.78. The van der Waals surface area contributed by atoms with E-state index in [9.17, 15) is 30.8 Å². The van der Waals surface area contributed by atoms with Gasteiger partial charge in [-0.1, -0.05) is 23.1 Å². The van der Waals surface area contributed by atoms with Crippen LogP contribution in [0.4, 0.5) is 17.6 Å². The molecule has 2 aromatic carbocycles. The van der Waals surface area contributed by atoms with Gasteiger partial charge >= 0.3 is 12.1 Å². The van der Waals surface area contributed by atoms with Crippen molar-refractivity contribution in [3.63, 3.8) is 0 Å². The fourth-order valence-corrected chi connectivity index (χ4v) is 5.18. The molecule has 0 aliphatic heterocycles. The van der Waals surface area contributed by atoms with Gasteiger partial charge in [-0.05, 0) is 43.0 Å². The third-order valence-corrected chi connectivity index (χ3v) is 6.66. The lowest BCUT2D eigenvalue weighted by molar-refractivity contribution is -0.139. The third-order valence-electron chi connectivity index (χ3n) is 4.93. The molecule has 1 aliphatic carbocycles. The minimum Gasteiger partial charge on any atom is -0.479 e. The van der Waals surface area contributed by atoms with Crippen molar-refractivity contribution in [1.82, 2.24) is 4.72 Å². The van der Waals surface area contributed by atoms with E-state index in [1.165, 1.54) is 13.9 Å². The summed E-state index contributed by atoms with van der Waals surface area (Å²) in [4.78, 5) is 10.3. The minimum absolute atomic E-state index is 0.110. The first-order valence-corrected chi connectivity index (χ1v) is 11.2. The van der Waals surface area contributed by atoms with E-state index in [0.29, 0.717) is 12.5 Å². The molecule has 0 heterocycles. The molecule has 2 N–H and O–H groups in total. The van der Waals surface area contributed by atoms with Gasteiger partial charge in [0.25, 0.3) is 0 Å². The van der Waals surface area contributed by atoms with Crippen LogP contribution in [0.5, 0.6) is 5.75 Å². The summed E-state index contributed by atoms with van der Waals surface area (Å²) in [5, 5.41) is 8.42. The maximum Gasteiger partial charge on any atom is 0.416 e. The number of nitrogens with one attached hydrogen (secondary N) is 1. The second-order valence-corrected chi connectivity index (χ2v) is 9.47. The van der Waals surface area contributed by atoms with Crippen molar-refractivity contribution in [2.24, 2.45) is 0 Å². The molecule has 0 saturated heterocycles.